The van der Waals surface area contributed by atoms with Crippen molar-refractivity contribution < 1.29 is 9.63 Å². The molecule has 4 aromatic rings. The highest BCUT2D eigenvalue weighted by Gasteiger charge is 2.13. The minimum atomic E-state index is -0.297. The fourth-order valence-corrected chi connectivity index (χ4v) is 3.92. The maximum Gasteiger partial charge on any atom is 0.275 e. The first-order valence-corrected chi connectivity index (χ1v) is 10.4. The van der Waals surface area contributed by atoms with Gasteiger partial charge in [0.05, 0.1) is 29.1 Å². The summed E-state index contributed by atoms with van der Waals surface area (Å²) in [5.41, 5.74) is 5.61. The number of aromatic amines is 1. The molecule has 2 heterocycles. The van der Waals surface area contributed by atoms with Crippen LogP contribution in [0.25, 0.3) is 23.1 Å². The summed E-state index contributed by atoms with van der Waals surface area (Å²) in [6.07, 6.45) is 7.20. The van der Waals surface area contributed by atoms with E-state index in [1.165, 1.54) is 11.8 Å². The van der Waals surface area contributed by atoms with Crippen LogP contribution in [0.15, 0.2) is 89.3 Å². The molecule has 7 heteroatoms. The van der Waals surface area contributed by atoms with Crippen LogP contribution in [0.5, 0.6) is 0 Å². The number of carbonyl (C=O) groups excluding carboxylic acids is 1. The van der Waals surface area contributed by atoms with E-state index in [2.05, 4.69) is 27.2 Å². The Hall–Kier alpha value is -3.68. The molecule has 0 spiro atoms. The van der Waals surface area contributed by atoms with E-state index in [4.69, 9.17) is 4.84 Å². The summed E-state index contributed by atoms with van der Waals surface area (Å²) in [7, 11) is 0. The number of pyridine rings is 1. The van der Waals surface area contributed by atoms with Gasteiger partial charge in [0.1, 0.15) is 0 Å². The number of H-pyrrole nitrogens is 1. The topological polar surface area (TPSA) is 79.9 Å². The first-order chi connectivity index (χ1) is 15.2. The summed E-state index contributed by atoms with van der Waals surface area (Å²) >= 11 is 1.50. The lowest BCUT2D eigenvalue weighted by Gasteiger charge is -2.09. The maximum absolute atomic E-state index is 12.4. The predicted octanol–water partition coefficient (Wildman–Crippen LogP) is 5.13. The maximum atomic E-state index is 12.4. The van der Waals surface area contributed by atoms with Crippen molar-refractivity contribution >= 4 is 40.7 Å². The Balaban J connectivity index is 1.53. The number of benzene rings is 2. The van der Waals surface area contributed by atoms with E-state index >= 15 is 0 Å². The van der Waals surface area contributed by atoms with Gasteiger partial charge in [0.15, 0.2) is 0 Å². The molecule has 0 atom stereocenters. The lowest BCUT2D eigenvalue weighted by molar-refractivity contribution is 0.0419. The molecule has 0 aliphatic carbocycles. The molecule has 31 heavy (non-hydrogen) atoms. The minimum Gasteiger partial charge on any atom is -0.277 e. The third kappa shape index (κ3) is 5.09. The fraction of sp³-hybridized carbons (Fsp3) is 0.0417. The molecule has 2 aromatic carbocycles. The summed E-state index contributed by atoms with van der Waals surface area (Å²) in [6, 6.07) is 19.2. The monoisotopic (exact) mass is 428 g/mol. The van der Waals surface area contributed by atoms with Gasteiger partial charge in [-0.3, -0.25) is 19.7 Å². The second-order valence-electron chi connectivity index (χ2n) is 6.53. The van der Waals surface area contributed by atoms with Crippen LogP contribution < -0.4 is 5.48 Å². The van der Waals surface area contributed by atoms with Crippen LogP contribution >= 0.6 is 11.8 Å². The van der Waals surface area contributed by atoms with Crippen molar-refractivity contribution in [2.45, 2.75) is 9.79 Å². The predicted molar refractivity (Wildman–Crippen MR) is 123 cm³/mol. The average molecular weight is 429 g/mol. The number of nitrogens with zero attached hydrogens (tertiary/aromatic N) is 2. The van der Waals surface area contributed by atoms with Gasteiger partial charge in [-0.2, -0.15) is 5.10 Å². The quantitative estimate of drug-likeness (QED) is 0.231. The zero-order valence-corrected chi connectivity index (χ0v) is 17.4. The van der Waals surface area contributed by atoms with Crippen molar-refractivity contribution in [3.05, 3.63) is 96.5 Å². The number of aromatic nitrogens is 3. The number of hydroxylamine groups is 1. The normalized spacial score (nSPS) is 11.1. The van der Waals surface area contributed by atoms with Crippen LogP contribution in [0.2, 0.25) is 0 Å². The van der Waals surface area contributed by atoms with Gasteiger partial charge in [-0.25, -0.2) is 5.48 Å². The minimum absolute atomic E-state index is 0.245. The third-order valence-corrected chi connectivity index (χ3v) is 5.45. The Morgan fingerprint density at radius 2 is 2.00 bits per heavy atom. The van der Waals surface area contributed by atoms with Crippen molar-refractivity contribution in [1.29, 1.82) is 0 Å². The van der Waals surface area contributed by atoms with Gasteiger partial charge in [0.25, 0.3) is 5.91 Å². The van der Waals surface area contributed by atoms with Crippen molar-refractivity contribution in [1.82, 2.24) is 20.7 Å². The van der Waals surface area contributed by atoms with Gasteiger partial charge in [-0.15, -0.1) is 6.58 Å². The SMILES string of the molecule is C=CCONC(=O)c1ccccc1Sc1ccc2c(C=Cc3ccccn3)n[nH]c2c1. The van der Waals surface area contributed by atoms with E-state index in [-0.39, 0.29) is 12.5 Å². The fourth-order valence-electron chi connectivity index (χ4n) is 2.94. The number of hydrogen-bond donors (Lipinski definition) is 2. The van der Waals surface area contributed by atoms with Gasteiger partial charge >= 0.3 is 0 Å². The Morgan fingerprint density at radius 3 is 2.84 bits per heavy atom. The number of nitrogens with one attached hydrogen (secondary N) is 2. The van der Waals surface area contributed by atoms with Crippen molar-refractivity contribution in [3.8, 4) is 0 Å². The van der Waals surface area contributed by atoms with E-state index in [0.717, 1.165) is 32.1 Å². The highest BCUT2D eigenvalue weighted by atomic mass is 32.2. The lowest BCUT2D eigenvalue weighted by Crippen LogP contribution is -2.24. The van der Waals surface area contributed by atoms with Crippen molar-refractivity contribution in [2.24, 2.45) is 0 Å². The number of fused-ring (bicyclic) bond motifs is 1. The standard InChI is InChI=1S/C24H20N4O2S/c1-2-15-30-28-24(29)20-8-3-4-9-23(20)31-18-11-12-19-21(26-27-22(19)16-18)13-10-17-7-5-6-14-25-17/h2-14,16H,1,15H2,(H,26,27)(H,28,29). The number of amides is 1. The molecule has 0 radical (unpaired) electrons. The van der Waals surface area contributed by atoms with Gasteiger partial charge in [-0.1, -0.05) is 36.0 Å². The molecule has 0 fully saturated rings. The highest BCUT2D eigenvalue weighted by molar-refractivity contribution is 7.99. The van der Waals surface area contributed by atoms with Crippen LogP contribution in [0.3, 0.4) is 0 Å². The Morgan fingerprint density at radius 1 is 1.13 bits per heavy atom. The van der Waals surface area contributed by atoms with Crippen LogP contribution in [-0.2, 0) is 4.84 Å². The van der Waals surface area contributed by atoms with Gasteiger partial charge in [-0.05, 0) is 54.6 Å². The molecule has 0 saturated heterocycles. The number of hydrogen-bond acceptors (Lipinski definition) is 5. The Kier molecular flexibility index (Phi) is 6.56. The summed E-state index contributed by atoms with van der Waals surface area (Å²) in [5.74, 6) is -0.297. The smallest absolute Gasteiger partial charge is 0.275 e. The van der Waals surface area contributed by atoms with Crippen molar-refractivity contribution in [2.75, 3.05) is 6.61 Å². The van der Waals surface area contributed by atoms with Crippen LogP contribution in [0, 0.1) is 0 Å². The first-order valence-electron chi connectivity index (χ1n) is 9.62. The number of rotatable bonds is 8. The zero-order valence-electron chi connectivity index (χ0n) is 16.6. The van der Waals surface area contributed by atoms with E-state index in [1.54, 1.807) is 18.3 Å². The molecule has 2 N–H and O–H groups in total. The molecule has 4 rings (SSSR count). The van der Waals surface area contributed by atoms with Crippen LogP contribution in [0.1, 0.15) is 21.7 Å². The summed E-state index contributed by atoms with van der Waals surface area (Å²) in [6.45, 7) is 3.81. The molecule has 0 aliphatic heterocycles. The van der Waals surface area contributed by atoms with Gasteiger partial charge in [0.2, 0.25) is 0 Å². The molecule has 2 aromatic heterocycles. The van der Waals surface area contributed by atoms with Crippen molar-refractivity contribution in [3.63, 3.8) is 0 Å². The molecule has 1 amide bonds. The molecule has 154 valence electrons. The van der Waals surface area contributed by atoms with E-state index in [9.17, 15) is 4.79 Å². The zero-order chi connectivity index (χ0) is 21.5. The summed E-state index contributed by atoms with van der Waals surface area (Å²) in [4.78, 5) is 23.6. The summed E-state index contributed by atoms with van der Waals surface area (Å²) < 4.78 is 0. The third-order valence-electron chi connectivity index (χ3n) is 4.39. The molecular weight excluding hydrogens is 408 g/mol. The number of carbonyl (C=O) groups is 1. The second-order valence-corrected chi connectivity index (χ2v) is 7.65. The largest absolute Gasteiger partial charge is 0.277 e. The van der Waals surface area contributed by atoms with E-state index in [0.29, 0.717) is 5.56 Å². The molecular formula is C24H20N4O2S. The van der Waals surface area contributed by atoms with E-state index < -0.39 is 0 Å². The summed E-state index contributed by atoms with van der Waals surface area (Å²) in [5, 5.41) is 8.50. The van der Waals surface area contributed by atoms with Gasteiger partial charge < -0.3 is 0 Å². The highest BCUT2D eigenvalue weighted by Crippen LogP contribution is 2.32. The Labute approximate surface area is 184 Å². The van der Waals surface area contributed by atoms with Gasteiger partial charge in [0, 0.05) is 21.4 Å². The molecule has 0 saturated carbocycles. The van der Waals surface area contributed by atoms with E-state index in [1.807, 2.05) is 66.7 Å². The average Bonchev–Trinajstić information content (AvgIpc) is 3.21. The molecule has 6 nitrogen and oxygen atoms in total. The first kappa shape index (κ1) is 20.6. The van der Waals surface area contributed by atoms with Crippen LogP contribution in [-0.4, -0.2) is 27.7 Å². The molecule has 0 unspecified atom stereocenters. The second kappa shape index (κ2) is 9.88. The van der Waals surface area contributed by atoms with Crippen LogP contribution in [0.4, 0.5) is 0 Å². The molecule has 0 aliphatic rings. The molecule has 0 bridgehead atoms. The lowest BCUT2D eigenvalue weighted by atomic mass is 10.2. The Bertz CT molecular complexity index is 1230.